The molecule has 10 heteroatoms. The predicted molar refractivity (Wildman–Crippen MR) is 180 cm³/mol. The van der Waals surface area contributed by atoms with Crippen LogP contribution in [0.25, 0.3) is 23.7 Å². The van der Waals surface area contributed by atoms with Crippen molar-refractivity contribution in [2.75, 3.05) is 23.8 Å². The summed E-state index contributed by atoms with van der Waals surface area (Å²) in [5.74, 6) is 0.418. The molecule has 0 aliphatic carbocycles. The van der Waals surface area contributed by atoms with Crippen molar-refractivity contribution >= 4 is 47.4 Å². The normalized spacial score (nSPS) is 11.1. The molecule has 2 aromatic heterocycles. The third-order valence-corrected chi connectivity index (χ3v) is 6.62. The number of nitrogens with zero attached hydrogens (tertiary/aromatic N) is 4. The van der Waals surface area contributed by atoms with E-state index in [-0.39, 0.29) is 11.9 Å². The molecular weight excluding hydrogens is 580 g/mol. The van der Waals surface area contributed by atoms with Gasteiger partial charge in [0, 0.05) is 36.3 Å². The minimum Gasteiger partial charge on any atom is -0.463 e. The molecule has 0 aliphatic rings. The molecule has 2 N–H and O–H groups in total. The van der Waals surface area contributed by atoms with Crippen molar-refractivity contribution in [3.8, 4) is 11.5 Å². The van der Waals surface area contributed by atoms with E-state index >= 15 is 0 Å². The second-order valence-electron chi connectivity index (χ2n) is 9.98. The molecule has 0 saturated carbocycles. The quantitative estimate of drug-likeness (QED) is 0.106. The maximum Gasteiger partial charge on any atom is 0.330 e. The van der Waals surface area contributed by atoms with Gasteiger partial charge < -0.3 is 24.7 Å². The van der Waals surface area contributed by atoms with E-state index in [0.29, 0.717) is 37.5 Å². The summed E-state index contributed by atoms with van der Waals surface area (Å²) in [7, 11) is 0. The van der Waals surface area contributed by atoms with E-state index in [1.807, 2.05) is 85.1 Å². The predicted octanol–water partition coefficient (Wildman–Crippen LogP) is 7.03. The number of aromatic nitrogens is 4. The van der Waals surface area contributed by atoms with Gasteiger partial charge in [0.1, 0.15) is 0 Å². The highest BCUT2D eigenvalue weighted by Gasteiger charge is 2.13. The lowest BCUT2D eigenvalue weighted by Crippen LogP contribution is -2.08. The number of carbonyl (C=O) groups is 2. The maximum absolute atomic E-state index is 11.7. The Morgan fingerprint density at radius 2 is 1.20 bits per heavy atom. The Morgan fingerprint density at radius 3 is 1.70 bits per heavy atom. The van der Waals surface area contributed by atoms with E-state index in [4.69, 9.17) is 19.4 Å². The molecule has 0 aliphatic heterocycles. The lowest BCUT2D eigenvalue weighted by atomic mass is 10.2. The van der Waals surface area contributed by atoms with Crippen LogP contribution < -0.4 is 10.6 Å². The Morgan fingerprint density at radius 1 is 0.674 bits per heavy atom. The summed E-state index contributed by atoms with van der Waals surface area (Å²) in [6, 6.07) is 29.1. The van der Waals surface area contributed by atoms with Gasteiger partial charge in [0.15, 0.2) is 5.82 Å². The molecule has 5 rings (SSSR count). The Kier molecular flexibility index (Phi) is 10.7. The van der Waals surface area contributed by atoms with E-state index in [0.717, 1.165) is 33.8 Å². The smallest absolute Gasteiger partial charge is 0.330 e. The van der Waals surface area contributed by atoms with Gasteiger partial charge in [0.2, 0.25) is 11.9 Å². The molecule has 2 heterocycles. The summed E-state index contributed by atoms with van der Waals surface area (Å²) in [5.41, 5.74) is 5.19. The van der Waals surface area contributed by atoms with Crippen LogP contribution in [0.15, 0.2) is 109 Å². The summed E-state index contributed by atoms with van der Waals surface area (Å²) in [6.07, 6.45) is 8.19. The first-order valence-electron chi connectivity index (χ1n) is 14.9. The summed E-state index contributed by atoms with van der Waals surface area (Å²) in [5, 5.41) is 6.56. The highest BCUT2D eigenvalue weighted by Crippen LogP contribution is 2.24. The van der Waals surface area contributed by atoms with Gasteiger partial charge in [-0.1, -0.05) is 54.6 Å². The molecule has 5 aromatic rings. The molecule has 46 heavy (non-hydrogen) atoms. The molecule has 0 saturated heterocycles. The lowest BCUT2D eigenvalue weighted by molar-refractivity contribution is -0.138. The minimum absolute atomic E-state index is 0.327. The molecule has 0 radical (unpaired) electrons. The zero-order chi connectivity index (χ0) is 32.1. The first-order chi connectivity index (χ1) is 22.5. The molecule has 10 nitrogen and oxygen atoms in total. The van der Waals surface area contributed by atoms with Crippen molar-refractivity contribution < 1.29 is 19.1 Å². The summed E-state index contributed by atoms with van der Waals surface area (Å²) in [4.78, 5) is 37.5. The fourth-order valence-electron chi connectivity index (χ4n) is 4.46. The number of carbonyl (C=O) groups excluding carboxylic acids is 2. The molecule has 0 fully saturated rings. The third-order valence-electron chi connectivity index (χ3n) is 6.62. The van der Waals surface area contributed by atoms with E-state index in [1.54, 1.807) is 26.0 Å². The Hall–Kier alpha value is -6.03. The van der Waals surface area contributed by atoms with Gasteiger partial charge in [-0.2, -0.15) is 15.0 Å². The first-order valence-corrected chi connectivity index (χ1v) is 14.9. The fraction of sp³-hybridized carbons (Fsp3) is 0.139. The van der Waals surface area contributed by atoms with Crippen molar-refractivity contribution in [1.82, 2.24) is 19.5 Å². The average Bonchev–Trinajstić information content (AvgIpc) is 3.53. The molecule has 0 amide bonds. The second kappa shape index (κ2) is 15.6. The standard InChI is InChI=1S/C36H34N6O4/c1-3-45-32(43)22-16-26-12-18-29(19-13-26)37-35-39-34(31-11-8-24-42(31)25-28-9-6-5-7-10-28)40-36(41-35)38-30-20-14-27(15-21-30)17-23-33(44)46-4-2/h5-24H,3-4,25H2,1-2H3,(H2,37,38,39,40,41). The zero-order valence-corrected chi connectivity index (χ0v) is 25.6. The molecule has 232 valence electrons. The van der Waals surface area contributed by atoms with Crippen LogP contribution in [0, 0.1) is 0 Å². The van der Waals surface area contributed by atoms with Crippen LogP contribution in [0.1, 0.15) is 30.5 Å². The van der Waals surface area contributed by atoms with Crippen LogP contribution in [0.3, 0.4) is 0 Å². The largest absolute Gasteiger partial charge is 0.463 e. The number of hydrogen-bond donors (Lipinski definition) is 2. The zero-order valence-electron chi connectivity index (χ0n) is 25.6. The molecule has 0 unspecified atom stereocenters. The molecular formula is C36H34N6O4. The highest BCUT2D eigenvalue weighted by atomic mass is 16.5. The monoisotopic (exact) mass is 614 g/mol. The molecule has 3 aromatic carbocycles. The number of ether oxygens (including phenoxy) is 2. The van der Waals surface area contributed by atoms with Gasteiger partial charge in [0.25, 0.3) is 0 Å². The molecule has 0 atom stereocenters. The van der Waals surface area contributed by atoms with Crippen LogP contribution in [0.5, 0.6) is 0 Å². The van der Waals surface area contributed by atoms with Crippen molar-refractivity contribution in [3.63, 3.8) is 0 Å². The van der Waals surface area contributed by atoms with Crippen LogP contribution >= 0.6 is 0 Å². The Labute approximate surface area is 267 Å². The third kappa shape index (κ3) is 8.99. The van der Waals surface area contributed by atoms with Crippen molar-refractivity contribution in [3.05, 3.63) is 126 Å². The highest BCUT2D eigenvalue weighted by molar-refractivity contribution is 5.87. The first kappa shape index (κ1) is 31.4. The average molecular weight is 615 g/mol. The SMILES string of the molecule is CCOC(=O)C=Cc1ccc(Nc2nc(Nc3ccc(C=CC(=O)OCC)cc3)nc(-c3cccn3Cc3ccccc3)n2)cc1. The number of nitrogens with one attached hydrogen (secondary N) is 2. The van der Waals surface area contributed by atoms with E-state index in [2.05, 4.69) is 32.3 Å². The van der Waals surface area contributed by atoms with Gasteiger partial charge >= 0.3 is 11.9 Å². The summed E-state index contributed by atoms with van der Waals surface area (Å²) in [6.45, 7) is 4.84. The number of rotatable bonds is 13. The fourth-order valence-corrected chi connectivity index (χ4v) is 4.46. The van der Waals surface area contributed by atoms with Crippen molar-refractivity contribution in [2.45, 2.75) is 20.4 Å². The molecule has 0 bridgehead atoms. The van der Waals surface area contributed by atoms with Crippen LogP contribution in [-0.2, 0) is 25.6 Å². The topological polar surface area (TPSA) is 120 Å². The number of anilines is 4. The van der Waals surface area contributed by atoms with E-state index < -0.39 is 0 Å². The summed E-state index contributed by atoms with van der Waals surface area (Å²) < 4.78 is 12.0. The number of benzene rings is 3. The van der Waals surface area contributed by atoms with E-state index in [9.17, 15) is 9.59 Å². The van der Waals surface area contributed by atoms with Crippen LogP contribution in [-0.4, -0.2) is 44.7 Å². The van der Waals surface area contributed by atoms with Crippen LogP contribution in [0.2, 0.25) is 0 Å². The Bertz CT molecular complexity index is 1720. The number of esters is 2. The molecule has 0 spiro atoms. The van der Waals surface area contributed by atoms with Gasteiger partial charge in [0.05, 0.1) is 18.9 Å². The van der Waals surface area contributed by atoms with Crippen molar-refractivity contribution in [1.29, 1.82) is 0 Å². The van der Waals surface area contributed by atoms with Crippen molar-refractivity contribution in [2.24, 2.45) is 0 Å². The second-order valence-corrected chi connectivity index (χ2v) is 9.98. The van der Waals surface area contributed by atoms with E-state index in [1.165, 1.54) is 12.2 Å². The van der Waals surface area contributed by atoms with Crippen LogP contribution in [0.4, 0.5) is 23.3 Å². The number of hydrogen-bond acceptors (Lipinski definition) is 9. The summed E-state index contributed by atoms with van der Waals surface area (Å²) >= 11 is 0. The van der Waals surface area contributed by atoms with Gasteiger partial charge in [-0.05, 0) is 79.1 Å². The minimum atomic E-state index is -0.387. The van der Waals surface area contributed by atoms with Gasteiger partial charge in [-0.3, -0.25) is 0 Å². The van der Waals surface area contributed by atoms with Gasteiger partial charge in [-0.25, -0.2) is 9.59 Å². The van der Waals surface area contributed by atoms with Gasteiger partial charge in [-0.15, -0.1) is 0 Å². The maximum atomic E-state index is 11.7. The Balaban J connectivity index is 1.40. The lowest BCUT2D eigenvalue weighted by Gasteiger charge is -2.13.